The Hall–Kier alpha value is -0.650. The summed E-state index contributed by atoms with van der Waals surface area (Å²) in [5.74, 6) is 2.32. The normalized spacial score (nSPS) is 18.8. The molecule has 1 unspecified atom stereocenters. The van der Waals surface area contributed by atoms with Crippen molar-refractivity contribution in [3.8, 4) is 0 Å². The molecule has 1 aromatic rings. The van der Waals surface area contributed by atoms with E-state index >= 15 is 0 Å². The van der Waals surface area contributed by atoms with Crippen molar-refractivity contribution >= 4 is 29.4 Å². The van der Waals surface area contributed by atoms with Crippen LogP contribution in [0.4, 0.5) is 0 Å². The third-order valence-electron chi connectivity index (χ3n) is 3.35. The van der Waals surface area contributed by atoms with Crippen LogP contribution in [0.1, 0.15) is 17.5 Å². The van der Waals surface area contributed by atoms with Crippen LogP contribution in [0.5, 0.6) is 0 Å². The third kappa shape index (κ3) is 4.72. The van der Waals surface area contributed by atoms with Gasteiger partial charge in [-0.25, -0.2) is 0 Å². The lowest BCUT2D eigenvalue weighted by Crippen LogP contribution is -2.41. The summed E-state index contributed by atoms with van der Waals surface area (Å²) >= 11 is 3.65. The van der Waals surface area contributed by atoms with Crippen molar-refractivity contribution in [2.45, 2.75) is 30.8 Å². The Balaban J connectivity index is 1.83. The number of hydrogen-bond donors (Lipinski definition) is 2. The van der Waals surface area contributed by atoms with E-state index < -0.39 is 0 Å². The van der Waals surface area contributed by atoms with Crippen molar-refractivity contribution in [2.24, 2.45) is 0 Å². The number of benzene rings is 1. The summed E-state index contributed by atoms with van der Waals surface area (Å²) in [4.78, 5) is 13.2. The number of amides is 1. The van der Waals surface area contributed by atoms with E-state index in [1.165, 1.54) is 16.0 Å². The smallest absolute Gasteiger partial charge is 0.221 e. The molecule has 3 nitrogen and oxygen atoms in total. The van der Waals surface area contributed by atoms with Gasteiger partial charge in [0.05, 0.1) is 0 Å². The molecule has 0 radical (unpaired) electrons. The van der Waals surface area contributed by atoms with Gasteiger partial charge in [0.25, 0.3) is 0 Å². The average Bonchev–Trinajstić information content (AvgIpc) is 2.47. The molecule has 1 aliphatic rings. The van der Waals surface area contributed by atoms with Crippen LogP contribution in [0.3, 0.4) is 0 Å². The van der Waals surface area contributed by atoms with Gasteiger partial charge in [0.1, 0.15) is 0 Å². The van der Waals surface area contributed by atoms with E-state index in [9.17, 15) is 4.79 Å². The molecule has 0 bridgehead atoms. The molecule has 1 heterocycles. The molecular formula is C15H22N2OS2. The molecule has 1 atom stereocenters. The largest absolute Gasteiger partial charge is 0.352 e. The summed E-state index contributed by atoms with van der Waals surface area (Å²) in [6.45, 7) is 3.72. The summed E-state index contributed by atoms with van der Waals surface area (Å²) in [5, 5.41) is 6.43. The van der Waals surface area contributed by atoms with E-state index in [1.807, 2.05) is 11.8 Å². The Morgan fingerprint density at radius 3 is 3.10 bits per heavy atom. The molecule has 5 heteroatoms. The van der Waals surface area contributed by atoms with Crippen LogP contribution in [-0.2, 0) is 11.3 Å². The van der Waals surface area contributed by atoms with Crippen LogP contribution in [0.15, 0.2) is 23.1 Å². The maximum Gasteiger partial charge on any atom is 0.221 e. The van der Waals surface area contributed by atoms with Gasteiger partial charge in [-0.1, -0.05) is 12.1 Å². The Morgan fingerprint density at radius 1 is 1.55 bits per heavy atom. The van der Waals surface area contributed by atoms with Crippen molar-refractivity contribution in [1.29, 1.82) is 0 Å². The second kappa shape index (κ2) is 7.96. The van der Waals surface area contributed by atoms with Crippen molar-refractivity contribution < 1.29 is 4.79 Å². The van der Waals surface area contributed by atoms with Crippen molar-refractivity contribution in [2.75, 3.05) is 24.3 Å². The Bertz CT molecular complexity index is 459. The highest BCUT2D eigenvalue weighted by Gasteiger charge is 2.16. The average molecular weight is 310 g/mol. The fraction of sp³-hybridized carbons (Fsp3) is 0.533. The molecule has 0 saturated carbocycles. The minimum absolute atomic E-state index is 0.137. The van der Waals surface area contributed by atoms with Crippen LogP contribution < -0.4 is 10.6 Å². The van der Waals surface area contributed by atoms with Crippen LogP contribution in [0, 0.1) is 6.92 Å². The van der Waals surface area contributed by atoms with Gasteiger partial charge in [-0.2, -0.15) is 11.8 Å². The molecule has 0 spiro atoms. The molecular weight excluding hydrogens is 288 g/mol. The van der Waals surface area contributed by atoms with Gasteiger partial charge in [0, 0.05) is 42.0 Å². The highest BCUT2D eigenvalue weighted by Crippen LogP contribution is 2.21. The van der Waals surface area contributed by atoms with Crippen molar-refractivity contribution in [3.63, 3.8) is 0 Å². The Morgan fingerprint density at radius 2 is 2.40 bits per heavy atom. The number of aryl methyl sites for hydroxylation is 1. The maximum absolute atomic E-state index is 12.0. The molecule has 1 aliphatic heterocycles. The zero-order chi connectivity index (χ0) is 14.4. The Labute approximate surface area is 129 Å². The van der Waals surface area contributed by atoms with Gasteiger partial charge in [-0.15, -0.1) is 11.8 Å². The summed E-state index contributed by atoms with van der Waals surface area (Å²) in [7, 11) is 0. The molecule has 2 rings (SSSR count). The molecule has 0 aliphatic carbocycles. The second-order valence-corrected chi connectivity index (χ2v) is 7.02. The quantitative estimate of drug-likeness (QED) is 0.820. The zero-order valence-electron chi connectivity index (χ0n) is 12.1. The molecule has 20 heavy (non-hydrogen) atoms. The number of thioether (sulfide) groups is 2. The van der Waals surface area contributed by atoms with Crippen molar-refractivity contribution in [1.82, 2.24) is 10.6 Å². The van der Waals surface area contributed by atoms with E-state index in [2.05, 4.69) is 42.0 Å². The number of nitrogens with one attached hydrogen (secondary N) is 2. The van der Waals surface area contributed by atoms with Crippen molar-refractivity contribution in [3.05, 3.63) is 29.3 Å². The van der Waals surface area contributed by atoms with Crippen LogP contribution >= 0.6 is 23.5 Å². The van der Waals surface area contributed by atoms with Gasteiger partial charge < -0.3 is 10.6 Å². The lowest BCUT2D eigenvalue weighted by atomic mass is 10.1. The number of rotatable bonds is 5. The number of hydrogen-bond acceptors (Lipinski definition) is 4. The molecule has 110 valence electrons. The summed E-state index contributed by atoms with van der Waals surface area (Å²) in [6.07, 6.45) is 2.65. The monoisotopic (exact) mass is 310 g/mol. The molecule has 0 aromatic heterocycles. The second-order valence-electron chi connectivity index (χ2n) is 5.02. The lowest BCUT2D eigenvalue weighted by molar-refractivity contribution is -0.121. The molecule has 1 amide bonds. The fourth-order valence-corrected chi connectivity index (χ4v) is 3.89. The molecule has 1 saturated heterocycles. The Kier molecular flexibility index (Phi) is 6.26. The minimum atomic E-state index is 0.137. The highest BCUT2D eigenvalue weighted by molar-refractivity contribution is 7.99. The van der Waals surface area contributed by atoms with Crippen LogP contribution in [-0.4, -0.2) is 36.3 Å². The molecule has 1 aromatic carbocycles. The topological polar surface area (TPSA) is 41.1 Å². The summed E-state index contributed by atoms with van der Waals surface area (Å²) in [5.41, 5.74) is 2.45. The predicted octanol–water partition coefficient (Wildman–Crippen LogP) is 2.43. The lowest BCUT2D eigenvalue weighted by Gasteiger charge is -2.22. The van der Waals surface area contributed by atoms with Crippen LogP contribution in [0.25, 0.3) is 0 Å². The number of carbonyl (C=O) groups excluding carboxylic acids is 1. The van der Waals surface area contributed by atoms with Gasteiger partial charge in [-0.05, 0) is 30.4 Å². The van der Waals surface area contributed by atoms with E-state index in [4.69, 9.17) is 0 Å². The maximum atomic E-state index is 12.0. The first-order chi connectivity index (χ1) is 9.69. The van der Waals surface area contributed by atoms with Gasteiger partial charge >= 0.3 is 0 Å². The van der Waals surface area contributed by atoms with E-state index in [-0.39, 0.29) is 5.91 Å². The third-order valence-corrected chi connectivity index (χ3v) is 5.30. The highest BCUT2D eigenvalue weighted by atomic mass is 32.2. The number of carbonyl (C=O) groups is 1. The minimum Gasteiger partial charge on any atom is -0.352 e. The van der Waals surface area contributed by atoms with Crippen LogP contribution in [0.2, 0.25) is 0 Å². The van der Waals surface area contributed by atoms with E-state index in [0.717, 1.165) is 18.1 Å². The standard InChI is InChI=1S/C15H22N2OS2/c1-11-3-4-12(14(7-11)19-2)9-17-15(18)8-13-10-20-6-5-16-13/h3-4,7,13,16H,5-6,8-10H2,1-2H3,(H,17,18). The zero-order valence-corrected chi connectivity index (χ0v) is 13.7. The van der Waals surface area contributed by atoms with Gasteiger partial charge in [0.2, 0.25) is 5.91 Å². The molecule has 1 fully saturated rings. The summed E-state index contributed by atoms with van der Waals surface area (Å²) in [6, 6.07) is 6.70. The first-order valence-electron chi connectivity index (χ1n) is 6.90. The van der Waals surface area contributed by atoms with Gasteiger partial charge in [0.15, 0.2) is 0 Å². The molecule has 2 N–H and O–H groups in total. The van der Waals surface area contributed by atoms with E-state index in [1.54, 1.807) is 11.8 Å². The fourth-order valence-electron chi connectivity index (χ4n) is 2.24. The SMILES string of the molecule is CSc1cc(C)ccc1CNC(=O)CC1CSCCN1. The first kappa shape index (κ1) is 15.7. The van der Waals surface area contributed by atoms with Gasteiger partial charge in [-0.3, -0.25) is 4.79 Å². The predicted molar refractivity (Wildman–Crippen MR) is 88.5 cm³/mol. The summed E-state index contributed by atoms with van der Waals surface area (Å²) < 4.78 is 0. The van der Waals surface area contributed by atoms with E-state index in [0.29, 0.717) is 19.0 Å². The first-order valence-corrected chi connectivity index (χ1v) is 9.28.